The standard InChI is InChI=1S/C25H28ClN5O.C2HF3O2/c1-17-23(18(2)31(29-17)22-10-9-21(16-27)24(26)15-22)14-19-7-5-8-20(13-19)25(32)28-11-6-12-30(3)4;3-2(4,5)1(6)7/h5,7-10,13,15H,6,11-12,14H2,1-4H3,(H,28,32);(H,6,7). The summed E-state index contributed by atoms with van der Waals surface area (Å²) >= 11 is 6.21. The second-order valence-electron chi connectivity index (χ2n) is 8.93. The summed E-state index contributed by atoms with van der Waals surface area (Å²) in [5.41, 5.74) is 5.99. The number of aromatic nitrogens is 2. The number of aliphatic carboxylic acids is 1. The maximum atomic E-state index is 12.5. The average Bonchev–Trinajstić information content (AvgIpc) is 3.14. The van der Waals surface area contributed by atoms with E-state index in [4.69, 9.17) is 26.8 Å². The van der Waals surface area contributed by atoms with Crippen molar-refractivity contribution in [2.24, 2.45) is 0 Å². The summed E-state index contributed by atoms with van der Waals surface area (Å²) in [7, 11) is 4.04. The fourth-order valence-corrected chi connectivity index (χ4v) is 3.85. The molecule has 0 atom stereocenters. The minimum Gasteiger partial charge on any atom is -0.475 e. The zero-order valence-electron chi connectivity index (χ0n) is 21.9. The third-order valence-corrected chi connectivity index (χ3v) is 5.95. The van der Waals surface area contributed by atoms with Crippen LogP contribution >= 0.6 is 11.6 Å². The van der Waals surface area contributed by atoms with E-state index in [1.165, 1.54) is 0 Å². The number of carbonyl (C=O) groups is 2. The van der Waals surface area contributed by atoms with Gasteiger partial charge in [-0.2, -0.15) is 23.5 Å². The number of amides is 1. The van der Waals surface area contributed by atoms with Crippen LogP contribution < -0.4 is 5.32 Å². The van der Waals surface area contributed by atoms with Gasteiger partial charge in [-0.25, -0.2) is 9.48 Å². The van der Waals surface area contributed by atoms with E-state index >= 15 is 0 Å². The Bertz CT molecular complexity index is 1360. The molecule has 208 valence electrons. The average molecular weight is 564 g/mol. The number of alkyl halides is 3. The van der Waals surface area contributed by atoms with Crippen LogP contribution in [0.1, 0.15) is 44.9 Å². The molecule has 0 bridgehead atoms. The molecule has 12 heteroatoms. The summed E-state index contributed by atoms with van der Waals surface area (Å²) in [4.78, 5) is 23.5. The Hall–Kier alpha value is -3.88. The molecular formula is C27H29ClF3N5O3. The molecule has 39 heavy (non-hydrogen) atoms. The monoisotopic (exact) mass is 563 g/mol. The highest BCUT2D eigenvalue weighted by molar-refractivity contribution is 6.31. The summed E-state index contributed by atoms with van der Waals surface area (Å²) in [6, 6.07) is 15.1. The molecule has 0 aliphatic heterocycles. The summed E-state index contributed by atoms with van der Waals surface area (Å²) in [6.45, 7) is 5.58. The Morgan fingerprint density at radius 1 is 1.18 bits per heavy atom. The van der Waals surface area contributed by atoms with Gasteiger partial charge < -0.3 is 15.3 Å². The first kappa shape index (κ1) is 31.3. The minimum absolute atomic E-state index is 0.0537. The predicted octanol–water partition coefficient (Wildman–Crippen LogP) is 4.92. The van der Waals surface area contributed by atoms with E-state index in [0.29, 0.717) is 29.1 Å². The molecule has 2 aromatic carbocycles. The molecule has 8 nitrogen and oxygen atoms in total. The van der Waals surface area contributed by atoms with Gasteiger partial charge in [-0.15, -0.1) is 0 Å². The van der Waals surface area contributed by atoms with Gasteiger partial charge in [0.1, 0.15) is 6.07 Å². The minimum atomic E-state index is -5.08. The first-order valence-corrected chi connectivity index (χ1v) is 12.2. The molecular weight excluding hydrogens is 535 g/mol. The van der Waals surface area contributed by atoms with E-state index in [0.717, 1.165) is 41.2 Å². The molecule has 0 aliphatic rings. The van der Waals surface area contributed by atoms with Crippen molar-refractivity contribution >= 4 is 23.5 Å². The van der Waals surface area contributed by atoms with Crippen molar-refractivity contribution in [2.45, 2.75) is 32.9 Å². The quantitative estimate of drug-likeness (QED) is 0.376. The molecule has 1 amide bonds. The van der Waals surface area contributed by atoms with Gasteiger partial charge in [-0.3, -0.25) is 4.79 Å². The van der Waals surface area contributed by atoms with Gasteiger partial charge in [0.25, 0.3) is 5.91 Å². The molecule has 0 saturated heterocycles. The van der Waals surface area contributed by atoms with Crippen molar-refractivity contribution < 1.29 is 27.9 Å². The van der Waals surface area contributed by atoms with Crippen molar-refractivity contribution in [3.63, 3.8) is 0 Å². The number of halogens is 4. The van der Waals surface area contributed by atoms with Crippen LogP contribution in [0.5, 0.6) is 0 Å². The molecule has 0 unspecified atom stereocenters. The number of nitriles is 1. The lowest BCUT2D eigenvalue weighted by atomic mass is 10.0. The van der Waals surface area contributed by atoms with Crippen LogP contribution in [-0.2, 0) is 11.2 Å². The molecule has 0 radical (unpaired) electrons. The van der Waals surface area contributed by atoms with Gasteiger partial charge in [-0.1, -0.05) is 23.7 Å². The number of hydrogen-bond acceptors (Lipinski definition) is 5. The number of nitrogens with one attached hydrogen (secondary N) is 1. The molecule has 0 spiro atoms. The van der Waals surface area contributed by atoms with Crippen LogP contribution in [0, 0.1) is 25.2 Å². The molecule has 0 fully saturated rings. The Morgan fingerprint density at radius 3 is 2.41 bits per heavy atom. The number of aryl methyl sites for hydroxylation is 1. The van der Waals surface area contributed by atoms with Crippen molar-refractivity contribution in [2.75, 3.05) is 27.2 Å². The number of carboxylic acids is 1. The Kier molecular flexibility index (Phi) is 11.1. The highest BCUT2D eigenvalue weighted by Crippen LogP contribution is 2.24. The second-order valence-corrected chi connectivity index (χ2v) is 9.34. The van der Waals surface area contributed by atoms with E-state index in [9.17, 15) is 18.0 Å². The number of nitrogens with zero attached hydrogens (tertiary/aromatic N) is 4. The molecule has 3 rings (SSSR count). The lowest BCUT2D eigenvalue weighted by Gasteiger charge is -2.10. The Balaban J connectivity index is 0.000000673. The van der Waals surface area contributed by atoms with Crippen LogP contribution in [-0.4, -0.2) is 65.0 Å². The highest BCUT2D eigenvalue weighted by Gasteiger charge is 2.38. The maximum Gasteiger partial charge on any atom is 0.490 e. The molecule has 0 saturated carbocycles. The lowest BCUT2D eigenvalue weighted by molar-refractivity contribution is -0.192. The van der Waals surface area contributed by atoms with Gasteiger partial charge in [-0.05, 0) is 76.8 Å². The molecule has 0 aliphatic carbocycles. The van der Waals surface area contributed by atoms with Crippen LogP contribution in [0.25, 0.3) is 5.69 Å². The summed E-state index contributed by atoms with van der Waals surface area (Å²) in [5.74, 6) is -2.81. The van der Waals surface area contributed by atoms with Gasteiger partial charge in [0.2, 0.25) is 0 Å². The number of carboxylic acid groups (broad SMARTS) is 1. The van der Waals surface area contributed by atoms with Crippen molar-refractivity contribution in [1.29, 1.82) is 5.26 Å². The van der Waals surface area contributed by atoms with Crippen LogP contribution in [0.15, 0.2) is 42.5 Å². The normalized spacial score (nSPS) is 11.0. The topological polar surface area (TPSA) is 111 Å². The number of carbonyl (C=O) groups excluding carboxylic acids is 1. The van der Waals surface area contributed by atoms with E-state index in [-0.39, 0.29) is 5.91 Å². The Labute approximate surface area is 229 Å². The first-order valence-electron chi connectivity index (χ1n) is 11.8. The maximum absolute atomic E-state index is 12.5. The number of rotatable bonds is 8. The lowest BCUT2D eigenvalue weighted by Crippen LogP contribution is -2.27. The van der Waals surface area contributed by atoms with Crippen molar-refractivity contribution in [3.05, 3.63) is 81.1 Å². The highest BCUT2D eigenvalue weighted by atomic mass is 35.5. The fourth-order valence-electron chi connectivity index (χ4n) is 3.63. The van der Waals surface area contributed by atoms with Crippen LogP contribution in [0.3, 0.4) is 0 Å². The van der Waals surface area contributed by atoms with E-state index in [1.807, 2.05) is 63.0 Å². The smallest absolute Gasteiger partial charge is 0.475 e. The SMILES string of the molecule is Cc1nn(-c2ccc(C#N)c(Cl)c2)c(C)c1Cc1cccc(C(=O)NCCCN(C)C)c1.O=C(O)C(F)(F)F. The Morgan fingerprint density at radius 2 is 1.85 bits per heavy atom. The van der Waals surface area contributed by atoms with Crippen LogP contribution in [0.2, 0.25) is 5.02 Å². The van der Waals surface area contributed by atoms with E-state index < -0.39 is 12.1 Å². The van der Waals surface area contributed by atoms with E-state index in [1.54, 1.807) is 12.1 Å². The molecule has 2 N–H and O–H groups in total. The van der Waals surface area contributed by atoms with Gasteiger partial charge in [0.15, 0.2) is 0 Å². The zero-order valence-corrected chi connectivity index (χ0v) is 22.7. The van der Waals surface area contributed by atoms with Gasteiger partial charge in [0, 0.05) is 29.8 Å². The van der Waals surface area contributed by atoms with Gasteiger partial charge >= 0.3 is 12.1 Å². The first-order chi connectivity index (χ1) is 18.2. The zero-order chi connectivity index (χ0) is 29.3. The van der Waals surface area contributed by atoms with Crippen molar-refractivity contribution in [3.8, 4) is 11.8 Å². The third-order valence-electron chi connectivity index (χ3n) is 5.64. The molecule has 1 aromatic heterocycles. The summed E-state index contributed by atoms with van der Waals surface area (Å²) in [5, 5.41) is 24.3. The van der Waals surface area contributed by atoms with Crippen LogP contribution in [0.4, 0.5) is 13.2 Å². The number of benzene rings is 2. The van der Waals surface area contributed by atoms with E-state index in [2.05, 4.69) is 21.4 Å². The predicted molar refractivity (Wildman–Crippen MR) is 141 cm³/mol. The molecule has 3 aromatic rings. The summed E-state index contributed by atoms with van der Waals surface area (Å²) < 4.78 is 33.6. The van der Waals surface area contributed by atoms with Crippen molar-refractivity contribution in [1.82, 2.24) is 20.0 Å². The summed E-state index contributed by atoms with van der Waals surface area (Å²) in [6.07, 6.45) is -3.50. The number of hydrogen-bond donors (Lipinski definition) is 2. The van der Waals surface area contributed by atoms with Gasteiger partial charge in [0.05, 0.1) is 22.0 Å². The second kappa shape index (κ2) is 13.8. The fraction of sp³-hybridized carbons (Fsp3) is 0.333. The third kappa shape index (κ3) is 9.12. The molecule has 1 heterocycles. The largest absolute Gasteiger partial charge is 0.490 e.